The van der Waals surface area contributed by atoms with Crippen molar-refractivity contribution < 1.29 is 9.90 Å². The van der Waals surface area contributed by atoms with Crippen LogP contribution in [0, 0.1) is 6.92 Å². The van der Waals surface area contributed by atoms with Gasteiger partial charge in [-0.05, 0) is 19.4 Å². The van der Waals surface area contributed by atoms with Crippen LogP contribution in [-0.2, 0) is 4.79 Å². The molecule has 2 nitrogen and oxygen atoms in total. The van der Waals surface area contributed by atoms with Gasteiger partial charge in [0.05, 0.1) is 5.57 Å². The number of allylic oxidation sites excluding steroid dienone is 1. The van der Waals surface area contributed by atoms with Crippen LogP contribution in [0.25, 0.3) is 5.57 Å². The smallest absolute Gasteiger partial charge is 0.335 e. The molecular weight excluding hydrogens is 164 g/mol. The second-order valence-electron chi connectivity index (χ2n) is 2.87. The van der Waals surface area contributed by atoms with Gasteiger partial charge in [0, 0.05) is 0 Å². The van der Waals surface area contributed by atoms with E-state index in [-0.39, 0.29) is 0 Å². The lowest BCUT2D eigenvalue weighted by Crippen LogP contribution is -1.98. The van der Waals surface area contributed by atoms with E-state index in [1.807, 2.05) is 31.2 Å². The van der Waals surface area contributed by atoms with Crippen LogP contribution < -0.4 is 0 Å². The predicted octanol–water partition coefficient (Wildman–Crippen LogP) is 2.48. The second kappa shape index (κ2) is 3.90. The van der Waals surface area contributed by atoms with Crippen LogP contribution in [0.4, 0.5) is 0 Å². The molecule has 0 atom stereocenters. The van der Waals surface area contributed by atoms with Crippen molar-refractivity contribution in [1.82, 2.24) is 0 Å². The molecule has 0 amide bonds. The molecule has 0 aromatic heterocycles. The van der Waals surface area contributed by atoms with Gasteiger partial charge in [0.2, 0.25) is 0 Å². The first-order chi connectivity index (χ1) is 6.15. The Morgan fingerprint density at radius 2 is 1.85 bits per heavy atom. The van der Waals surface area contributed by atoms with Crippen molar-refractivity contribution in [1.29, 1.82) is 0 Å². The van der Waals surface area contributed by atoms with Crippen LogP contribution in [0.1, 0.15) is 18.1 Å². The van der Waals surface area contributed by atoms with Crippen LogP contribution in [0.5, 0.6) is 0 Å². The number of hydrogen-bond donors (Lipinski definition) is 1. The van der Waals surface area contributed by atoms with E-state index >= 15 is 0 Å². The Labute approximate surface area is 77.5 Å². The minimum Gasteiger partial charge on any atom is -0.478 e. The quantitative estimate of drug-likeness (QED) is 0.703. The van der Waals surface area contributed by atoms with E-state index in [0.29, 0.717) is 5.57 Å². The fraction of sp³-hybridized carbons (Fsp3) is 0.182. The molecular formula is C11H12O2. The molecule has 2 heteroatoms. The van der Waals surface area contributed by atoms with Crippen LogP contribution in [0.2, 0.25) is 0 Å². The Balaban J connectivity index is 3.07. The van der Waals surface area contributed by atoms with Gasteiger partial charge < -0.3 is 5.11 Å². The average Bonchev–Trinajstić information content (AvgIpc) is 2.09. The van der Waals surface area contributed by atoms with Gasteiger partial charge in [-0.2, -0.15) is 0 Å². The second-order valence-corrected chi connectivity index (χ2v) is 2.87. The molecule has 1 aromatic rings. The highest BCUT2D eigenvalue weighted by Gasteiger charge is 2.07. The highest BCUT2D eigenvalue weighted by atomic mass is 16.4. The number of benzene rings is 1. The van der Waals surface area contributed by atoms with Crippen molar-refractivity contribution in [2.75, 3.05) is 0 Å². The third kappa shape index (κ3) is 2.18. The van der Waals surface area contributed by atoms with Gasteiger partial charge in [-0.3, -0.25) is 0 Å². The number of aliphatic carboxylic acids is 1. The maximum absolute atomic E-state index is 10.7. The molecule has 0 fully saturated rings. The van der Waals surface area contributed by atoms with Crippen LogP contribution in [0.15, 0.2) is 30.3 Å². The summed E-state index contributed by atoms with van der Waals surface area (Å²) in [6.45, 7) is 3.70. The van der Waals surface area contributed by atoms with E-state index < -0.39 is 5.97 Å². The maximum atomic E-state index is 10.7. The Hall–Kier alpha value is -1.57. The maximum Gasteiger partial charge on any atom is 0.335 e. The fourth-order valence-electron chi connectivity index (χ4n) is 1.15. The van der Waals surface area contributed by atoms with Gasteiger partial charge in [0.15, 0.2) is 0 Å². The summed E-state index contributed by atoms with van der Waals surface area (Å²) in [5.41, 5.74) is 2.23. The standard InChI is InChI=1S/C11H12O2/c1-3-10(11(12)13)9-6-4-8(2)5-7-9/h3-7H,1-2H3,(H,12,13)/b10-3+. The predicted molar refractivity (Wildman–Crippen MR) is 52.5 cm³/mol. The van der Waals surface area contributed by atoms with Crippen molar-refractivity contribution in [2.45, 2.75) is 13.8 Å². The lowest BCUT2D eigenvalue weighted by molar-refractivity contribution is -0.130. The first kappa shape index (κ1) is 9.52. The summed E-state index contributed by atoms with van der Waals surface area (Å²) in [6, 6.07) is 7.45. The largest absolute Gasteiger partial charge is 0.478 e. The van der Waals surface area contributed by atoms with Crippen molar-refractivity contribution in [3.63, 3.8) is 0 Å². The van der Waals surface area contributed by atoms with Gasteiger partial charge in [-0.25, -0.2) is 4.79 Å². The molecule has 0 aliphatic carbocycles. The number of rotatable bonds is 2. The summed E-state index contributed by atoms with van der Waals surface area (Å²) in [6.07, 6.45) is 1.60. The number of hydrogen-bond acceptors (Lipinski definition) is 1. The van der Waals surface area contributed by atoms with Crippen molar-refractivity contribution in [3.8, 4) is 0 Å². The highest BCUT2D eigenvalue weighted by Crippen LogP contribution is 2.14. The van der Waals surface area contributed by atoms with Gasteiger partial charge in [0.25, 0.3) is 0 Å². The SMILES string of the molecule is C/C=C(/C(=O)O)c1ccc(C)cc1. The molecule has 0 bridgehead atoms. The zero-order valence-electron chi connectivity index (χ0n) is 7.74. The molecule has 68 valence electrons. The van der Waals surface area contributed by atoms with E-state index in [1.54, 1.807) is 13.0 Å². The summed E-state index contributed by atoms with van der Waals surface area (Å²) in [7, 11) is 0. The van der Waals surface area contributed by atoms with Crippen LogP contribution >= 0.6 is 0 Å². The molecule has 0 heterocycles. The Kier molecular flexibility index (Phi) is 2.85. The number of carbonyl (C=O) groups is 1. The van der Waals surface area contributed by atoms with E-state index in [4.69, 9.17) is 5.11 Å². The lowest BCUT2D eigenvalue weighted by Gasteiger charge is -2.01. The summed E-state index contributed by atoms with van der Waals surface area (Å²) in [4.78, 5) is 10.7. The molecule has 0 spiro atoms. The zero-order chi connectivity index (χ0) is 9.84. The van der Waals surface area contributed by atoms with E-state index in [1.165, 1.54) is 0 Å². The zero-order valence-corrected chi connectivity index (χ0v) is 7.74. The van der Waals surface area contributed by atoms with Gasteiger partial charge in [-0.15, -0.1) is 0 Å². The summed E-state index contributed by atoms with van der Waals surface area (Å²) >= 11 is 0. The monoisotopic (exact) mass is 176 g/mol. The molecule has 1 aromatic carbocycles. The number of aryl methyl sites for hydroxylation is 1. The Morgan fingerprint density at radius 3 is 2.23 bits per heavy atom. The number of carboxylic acids is 1. The Bertz CT molecular complexity index is 334. The average molecular weight is 176 g/mol. The van der Waals surface area contributed by atoms with Gasteiger partial charge in [0.1, 0.15) is 0 Å². The normalized spacial score (nSPS) is 11.4. The molecule has 1 N–H and O–H groups in total. The first-order valence-corrected chi connectivity index (χ1v) is 4.12. The third-order valence-corrected chi connectivity index (χ3v) is 1.88. The minimum absolute atomic E-state index is 0.347. The fourth-order valence-corrected chi connectivity index (χ4v) is 1.15. The van der Waals surface area contributed by atoms with E-state index in [0.717, 1.165) is 11.1 Å². The van der Waals surface area contributed by atoms with E-state index in [9.17, 15) is 4.79 Å². The number of carboxylic acid groups (broad SMARTS) is 1. The molecule has 0 radical (unpaired) electrons. The minimum atomic E-state index is -0.883. The van der Waals surface area contributed by atoms with Crippen molar-refractivity contribution in [2.24, 2.45) is 0 Å². The summed E-state index contributed by atoms with van der Waals surface area (Å²) in [5, 5.41) is 8.83. The van der Waals surface area contributed by atoms with Gasteiger partial charge >= 0.3 is 5.97 Å². The van der Waals surface area contributed by atoms with E-state index in [2.05, 4.69) is 0 Å². The summed E-state index contributed by atoms with van der Waals surface area (Å²) < 4.78 is 0. The van der Waals surface area contributed by atoms with Crippen molar-refractivity contribution >= 4 is 11.5 Å². The molecule has 0 saturated carbocycles. The highest BCUT2D eigenvalue weighted by molar-refractivity contribution is 6.15. The van der Waals surface area contributed by atoms with Crippen LogP contribution in [0.3, 0.4) is 0 Å². The first-order valence-electron chi connectivity index (χ1n) is 4.12. The molecule has 1 rings (SSSR count). The van der Waals surface area contributed by atoms with Crippen molar-refractivity contribution in [3.05, 3.63) is 41.5 Å². The third-order valence-electron chi connectivity index (χ3n) is 1.88. The lowest BCUT2D eigenvalue weighted by atomic mass is 10.0. The molecule has 0 saturated heterocycles. The molecule has 0 aliphatic rings. The Morgan fingerprint density at radius 1 is 1.31 bits per heavy atom. The topological polar surface area (TPSA) is 37.3 Å². The molecule has 0 aliphatic heterocycles. The van der Waals surface area contributed by atoms with Gasteiger partial charge in [-0.1, -0.05) is 35.9 Å². The molecule has 0 unspecified atom stereocenters. The van der Waals surface area contributed by atoms with Crippen LogP contribution in [-0.4, -0.2) is 11.1 Å². The molecule has 13 heavy (non-hydrogen) atoms. The summed E-state index contributed by atoms with van der Waals surface area (Å²) in [5.74, 6) is -0.883.